The summed E-state index contributed by atoms with van der Waals surface area (Å²) in [6, 6.07) is 10.7. The number of hydrogen-bond acceptors (Lipinski definition) is 5. The van der Waals surface area contributed by atoms with Crippen LogP contribution >= 0.6 is 11.8 Å². The molecule has 0 radical (unpaired) electrons. The Bertz CT molecular complexity index is 713. The van der Waals surface area contributed by atoms with Gasteiger partial charge < -0.3 is 10.2 Å². The van der Waals surface area contributed by atoms with Crippen molar-refractivity contribution in [3.63, 3.8) is 0 Å². The zero-order valence-electron chi connectivity index (χ0n) is 14.2. The van der Waals surface area contributed by atoms with Gasteiger partial charge in [0, 0.05) is 18.1 Å². The molecule has 3 heterocycles. The van der Waals surface area contributed by atoms with Crippen molar-refractivity contribution in [1.82, 2.24) is 25.2 Å². The molecular formula is C18H23N5OS. The highest BCUT2D eigenvalue weighted by molar-refractivity contribution is 7.99. The van der Waals surface area contributed by atoms with E-state index in [-0.39, 0.29) is 11.9 Å². The number of nitrogens with one attached hydrogen (secondary N) is 1. The lowest BCUT2D eigenvalue weighted by molar-refractivity contribution is 0.0695. The Morgan fingerprint density at radius 1 is 1.20 bits per heavy atom. The number of aromatic nitrogens is 3. The highest BCUT2D eigenvalue weighted by Crippen LogP contribution is 2.30. The molecule has 1 amide bonds. The molecule has 0 spiro atoms. The summed E-state index contributed by atoms with van der Waals surface area (Å²) >= 11 is 1.90. The second kappa shape index (κ2) is 7.58. The van der Waals surface area contributed by atoms with Crippen LogP contribution in [0.25, 0.3) is 0 Å². The van der Waals surface area contributed by atoms with E-state index in [2.05, 4.69) is 27.8 Å². The lowest BCUT2D eigenvalue weighted by Gasteiger charge is -2.35. The Kier molecular flexibility index (Phi) is 5.03. The van der Waals surface area contributed by atoms with Gasteiger partial charge in [-0.05, 0) is 31.5 Å². The smallest absolute Gasteiger partial charge is 0.276 e. The predicted molar refractivity (Wildman–Crippen MR) is 98.7 cm³/mol. The molecule has 2 aromatic rings. The fourth-order valence-corrected chi connectivity index (χ4v) is 4.66. The Labute approximate surface area is 152 Å². The first-order chi connectivity index (χ1) is 12.3. The molecule has 25 heavy (non-hydrogen) atoms. The van der Waals surface area contributed by atoms with Crippen molar-refractivity contribution in [2.45, 2.75) is 24.9 Å². The van der Waals surface area contributed by atoms with Crippen LogP contribution < -0.4 is 5.32 Å². The van der Waals surface area contributed by atoms with Gasteiger partial charge in [-0.3, -0.25) is 4.79 Å². The molecule has 1 N–H and O–H groups in total. The van der Waals surface area contributed by atoms with E-state index in [4.69, 9.17) is 0 Å². The lowest BCUT2D eigenvalue weighted by Crippen LogP contribution is -2.41. The third kappa shape index (κ3) is 3.57. The number of carbonyl (C=O) groups excluding carboxylic acids is 1. The first kappa shape index (κ1) is 16.6. The molecule has 7 heteroatoms. The first-order valence-corrected chi connectivity index (χ1v) is 10.0. The number of piperidine rings is 1. The predicted octanol–water partition coefficient (Wildman–Crippen LogP) is 2.13. The summed E-state index contributed by atoms with van der Waals surface area (Å²) in [6.45, 7) is 2.74. The van der Waals surface area contributed by atoms with E-state index >= 15 is 0 Å². The van der Waals surface area contributed by atoms with Crippen LogP contribution in [0.3, 0.4) is 0 Å². The molecule has 1 aromatic carbocycles. The van der Waals surface area contributed by atoms with Crippen molar-refractivity contribution in [2.24, 2.45) is 0 Å². The number of thioether (sulfide) groups is 1. The molecule has 6 nitrogen and oxygen atoms in total. The van der Waals surface area contributed by atoms with E-state index in [9.17, 15) is 4.79 Å². The van der Waals surface area contributed by atoms with Gasteiger partial charge in [0.05, 0.1) is 18.3 Å². The van der Waals surface area contributed by atoms with E-state index in [1.54, 1.807) is 0 Å². The van der Waals surface area contributed by atoms with Crippen molar-refractivity contribution in [3.05, 3.63) is 47.8 Å². The number of carbonyl (C=O) groups is 1. The van der Waals surface area contributed by atoms with E-state index in [0.717, 1.165) is 44.0 Å². The third-order valence-electron chi connectivity index (χ3n) is 4.99. The fourth-order valence-electron chi connectivity index (χ4n) is 3.57. The largest absolute Gasteiger partial charge is 0.328 e. The summed E-state index contributed by atoms with van der Waals surface area (Å²) in [6.07, 6.45) is 3.90. The molecule has 1 unspecified atom stereocenters. The quantitative estimate of drug-likeness (QED) is 0.912. The summed E-state index contributed by atoms with van der Waals surface area (Å²) in [5.74, 6) is 1.89. The Morgan fingerprint density at radius 3 is 2.80 bits per heavy atom. The van der Waals surface area contributed by atoms with Crippen LogP contribution in [0, 0.1) is 0 Å². The molecule has 1 atom stereocenters. The van der Waals surface area contributed by atoms with E-state index in [1.807, 2.05) is 45.7 Å². The van der Waals surface area contributed by atoms with Crippen LogP contribution in [0.4, 0.5) is 0 Å². The van der Waals surface area contributed by atoms with Crippen molar-refractivity contribution in [3.8, 4) is 0 Å². The van der Waals surface area contributed by atoms with Gasteiger partial charge in [0.1, 0.15) is 0 Å². The number of amides is 1. The molecule has 2 fully saturated rings. The number of benzene rings is 1. The summed E-state index contributed by atoms with van der Waals surface area (Å²) < 4.78 is 1.88. The highest BCUT2D eigenvalue weighted by Gasteiger charge is 2.31. The van der Waals surface area contributed by atoms with Crippen molar-refractivity contribution < 1.29 is 4.79 Å². The van der Waals surface area contributed by atoms with Crippen LogP contribution in [0.5, 0.6) is 0 Å². The normalized spacial score (nSPS) is 22.1. The van der Waals surface area contributed by atoms with Crippen LogP contribution in [0.2, 0.25) is 0 Å². The lowest BCUT2D eigenvalue weighted by atomic mass is 10.1. The number of hydrogen-bond donors (Lipinski definition) is 1. The monoisotopic (exact) mass is 357 g/mol. The number of nitrogens with zero attached hydrogens (tertiary/aromatic N) is 4. The fraction of sp³-hybridized carbons (Fsp3) is 0.500. The Hall–Kier alpha value is -1.86. The summed E-state index contributed by atoms with van der Waals surface area (Å²) in [5, 5.41) is 11.8. The zero-order chi connectivity index (χ0) is 17.1. The Balaban J connectivity index is 1.53. The minimum absolute atomic E-state index is 0.00524. The SMILES string of the molecule is O=C(c1cn(C2CCNCC2)nn1)N1CCSCC1c1ccccc1. The van der Waals surface area contributed by atoms with Gasteiger partial charge in [-0.15, -0.1) is 5.10 Å². The molecule has 132 valence electrons. The van der Waals surface area contributed by atoms with E-state index in [0.29, 0.717) is 11.7 Å². The van der Waals surface area contributed by atoms with Gasteiger partial charge in [0.25, 0.3) is 5.91 Å². The average molecular weight is 357 g/mol. The number of rotatable bonds is 3. The van der Waals surface area contributed by atoms with Crippen LogP contribution in [-0.4, -0.2) is 56.9 Å². The van der Waals surface area contributed by atoms with Crippen molar-refractivity contribution in [2.75, 3.05) is 31.1 Å². The molecular weight excluding hydrogens is 334 g/mol. The minimum Gasteiger partial charge on any atom is -0.328 e. The van der Waals surface area contributed by atoms with Crippen LogP contribution in [0.1, 0.15) is 41.0 Å². The van der Waals surface area contributed by atoms with Gasteiger partial charge in [0.15, 0.2) is 5.69 Å². The third-order valence-corrected chi connectivity index (χ3v) is 6.01. The minimum atomic E-state index is -0.00524. The average Bonchev–Trinajstić information content (AvgIpc) is 3.19. The molecule has 2 aliphatic heterocycles. The molecule has 0 saturated carbocycles. The second-order valence-electron chi connectivity index (χ2n) is 6.56. The maximum absolute atomic E-state index is 13.1. The van der Waals surface area contributed by atoms with Gasteiger partial charge in [-0.25, -0.2) is 4.68 Å². The molecule has 4 rings (SSSR count). The molecule has 0 aliphatic carbocycles. The van der Waals surface area contributed by atoms with Crippen molar-refractivity contribution in [1.29, 1.82) is 0 Å². The molecule has 1 aromatic heterocycles. The van der Waals surface area contributed by atoms with E-state index < -0.39 is 0 Å². The summed E-state index contributed by atoms with van der Waals surface area (Å²) in [7, 11) is 0. The van der Waals surface area contributed by atoms with Gasteiger partial charge >= 0.3 is 0 Å². The van der Waals surface area contributed by atoms with E-state index in [1.165, 1.54) is 5.56 Å². The van der Waals surface area contributed by atoms with Crippen LogP contribution in [0.15, 0.2) is 36.5 Å². The summed E-state index contributed by atoms with van der Waals surface area (Å²) in [4.78, 5) is 15.0. The maximum Gasteiger partial charge on any atom is 0.276 e. The first-order valence-electron chi connectivity index (χ1n) is 8.89. The standard InChI is InChI=1S/C18H23N5OS/c24-18(16-12-23(21-20-16)15-6-8-19-9-7-15)22-10-11-25-13-17(22)14-4-2-1-3-5-14/h1-5,12,15,17,19H,6-11,13H2. The maximum atomic E-state index is 13.1. The zero-order valence-corrected chi connectivity index (χ0v) is 15.0. The highest BCUT2D eigenvalue weighted by atomic mass is 32.2. The van der Waals surface area contributed by atoms with Gasteiger partial charge in [-0.2, -0.15) is 11.8 Å². The summed E-state index contributed by atoms with van der Waals surface area (Å²) in [5.41, 5.74) is 1.65. The van der Waals surface area contributed by atoms with Gasteiger partial charge in [-0.1, -0.05) is 35.5 Å². The molecule has 2 aliphatic rings. The Morgan fingerprint density at radius 2 is 2.00 bits per heavy atom. The molecule has 2 saturated heterocycles. The second-order valence-corrected chi connectivity index (χ2v) is 7.71. The topological polar surface area (TPSA) is 63.1 Å². The molecule has 0 bridgehead atoms. The van der Waals surface area contributed by atoms with Crippen LogP contribution in [-0.2, 0) is 0 Å². The van der Waals surface area contributed by atoms with Crippen molar-refractivity contribution >= 4 is 17.7 Å². The van der Waals surface area contributed by atoms with Gasteiger partial charge in [0.2, 0.25) is 0 Å².